The van der Waals surface area contributed by atoms with E-state index in [9.17, 15) is 14.7 Å². The number of aliphatic hydroxyl groups excluding tert-OH is 1. The summed E-state index contributed by atoms with van der Waals surface area (Å²) in [7, 11) is 1.45. The van der Waals surface area contributed by atoms with Crippen LogP contribution in [0.2, 0.25) is 0 Å². The first-order chi connectivity index (χ1) is 17.8. The van der Waals surface area contributed by atoms with Crippen LogP contribution in [-0.2, 0) is 11.3 Å². The second-order valence-electron chi connectivity index (χ2n) is 10.3. The maximum atomic E-state index is 13.1. The largest absolute Gasteiger partial charge is 0.495 e. The molecule has 2 aromatic carbocycles. The van der Waals surface area contributed by atoms with E-state index < -0.39 is 18.2 Å². The van der Waals surface area contributed by atoms with Gasteiger partial charge in [-0.1, -0.05) is 33.1 Å². The van der Waals surface area contributed by atoms with Gasteiger partial charge in [-0.25, -0.2) is 9.59 Å². The van der Waals surface area contributed by atoms with Crippen LogP contribution in [0.15, 0.2) is 24.3 Å². The lowest BCUT2D eigenvalue weighted by atomic mass is 9.96. The van der Waals surface area contributed by atoms with Crippen molar-refractivity contribution < 1.29 is 33.6 Å². The van der Waals surface area contributed by atoms with Gasteiger partial charge in [-0.3, -0.25) is 0 Å². The number of methoxy groups -OCH3 is 1. The van der Waals surface area contributed by atoms with Crippen molar-refractivity contribution in [1.82, 2.24) is 4.90 Å². The second-order valence-corrected chi connectivity index (χ2v) is 10.3. The molecular weight excluding hydrogens is 474 g/mol. The number of likely N-dealkylation sites (tertiary alicyclic amines) is 1. The minimum absolute atomic E-state index is 0.0640. The topological polar surface area (TPSA) is 94.5 Å². The summed E-state index contributed by atoms with van der Waals surface area (Å²) in [5, 5.41) is 10.8. The molecule has 4 rings (SSSR count). The lowest BCUT2D eigenvalue weighted by molar-refractivity contribution is 0.0453. The number of benzene rings is 2. The highest BCUT2D eigenvalue weighted by Gasteiger charge is 2.31. The van der Waals surface area contributed by atoms with Crippen LogP contribution in [0.4, 0.5) is 4.79 Å². The second kappa shape index (κ2) is 11.9. The molecule has 1 saturated heterocycles. The Morgan fingerprint density at radius 1 is 1.11 bits per heavy atom. The predicted octanol–water partition coefficient (Wildman–Crippen LogP) is 6.31. The summed E-state index contributed by atoms with van der Waals surface area (Å²) < 4.78 is 23.4. The average molecular weight is 512 g/mol. The molecule has 1 N–H and O–H groups in total. The third-order valence-electron chi connectivity index (χ3n) is 6.77. The molecule has 8 nitrogen and oxygen atoms in total. The highest BCUT2D eigenvalue weighted by Crippen LogP contribution is 2.44. The Labute approximate surface area is 218 Å². The van der Waals surface area contributed by atoms with E-state index in [2.05, 4.69) is 0 Å². The molecule has 8 heteroatoms. The van der Waals surface area contributed by atoms with Gasteiger partial charge in [0.15, 0.2) is 11.5 Å². The smallest absolute Gasteiger partial charge is 0.415 e. The van der Waals surface area contributed by atoms with Crippen molar-refractivity contribution in [3.63, 3.8) is 0 Å². The van der Waals surface area contributed by atoms with Crippen LogP contribution in [0.3, 0.4) is 0 Å². The van der Waals surface area contributed by atoms with Crippen molar-refractivity contribution in [3.05, 3.63) is 46.5 Å². The number of hydrogen-bond acceptors (Lipinski definition) is 7. The van der Waals surface area contributed by atoms with Crippen molar-refractivity contribution in [3.8, 4) is 23.0 Å². The Balaban J connectivity index is 1.70. The van der Waals surface area contributed by atoms with E-state index in [4.69, 9.17) is 18.9 Å². The summed E-state index contributed by atoms with van der Waals surface area (Å²) in [6, 6.07) is 6.91. The number of carbonyl (C=O) groups is 2. The molecule has 2 heterocycles. The number of ether oxygens (including phenoxy) is 4. The van der Waals surface area contributed by atoms with Crippen LogP contribution < -0.4 is 14.2 Å². The average Bonchev–Trinajstić information content (AvgIpc) is 2.82. The first kappa shape index (κ1) is 26.8. The van der Waals surface area contributed by atoms with Crippen LogP contribution >= 0.6 is 0 Å². The maximum Gasteiger partial charge on any atom is 0.415 e. The highest BCUT2D eigenvalue weighted by atomic mass is 16.6. The van der Waals surface area contributed by atoms with E-state index in [1.165, 1.54) is 13.5 Å². The molecule has 0 aliphatic carbocycles. The molecule has 0 saturated carbocycles. The molecule has 0 aromatic heterocycles. The third-order valence-corrected chi connectivity index (χ3v) is 6.77. The van der Waals surface area contributed by atoms with Crippen LogP contribution in [-0.4, -0.2) is 42.3 Å². The molecule has 0 bridgehead atoms. The van der Waals surface area contributed by atoms with Gasteiger partial charge in [0.05, 0.1) is 13.2 Å². The molecule has 2 aliphatic heterocycles. The number of aryl methyl sites for hydroxylation is 1. The zero-order valence-electron chi connectivity index (χ0n) is 22.2. The lowest BCUT2D eigenvalue weighted by Gasteiger charge is -2.26. The van der Waals surface area contributed by atoms with Crippen molar-refractivity contribution in [2.24, 2.45) is 5.92 Å². The number of esters is 1. The fraction of sp³-hybridized carbons (Fsp3) is 0.517. The molecule has 200 valence electrons. The molecular formula is C29H37NO7. The molecule has 0 spiro atoms. The van der Waals surface area contributed by atoms with Crippen LogP contribution in [0, 0.1) is 12.8 Å². The fourth-order valence-corrected chi connectivity index (χ4v) is 4.94. The quantitative estimate of drug-likeness (QED) is 0.470. The zero-order chi connectivity index (χ0) is 26.5. The Morgan fingerprint density at radius 3 is 2.49 bits per heavy atom. The summed E-state index contributed by atoms with van der Waals surface area (Å²) in [5.74, 6) is 0.634. The monoisotopic (exact) mass is 511 g/mol. The van der Waals surface area contributed by atoms with Gasteiger partial charge in [0.1, 0.15) is 23.7 Å². The van der Waals surface area contributed by atoms with Gasteiger partial charge in [0.25, 0.3) is 0 Å². The van der Waals surface area contributed by atoms with Crippen LogP contribution in [0.1, 0.15) is 85.5 Å². The van der Waals surface area contributed by atoms with E-state index in [-0.39, 0.29) is 35.3 Å². The summed E-state index contributed by atoms with van der Waals surface area (Å²) in [6.45, 7) is 7.16. The van der Waals surface area contributed by atoms with E-state index in [1.54, 1.807) is 23.1 Å². The minimum Gasteiger partial charge on any atom is -0.495 e. The van der Waals surface area contributed by atoms with Crippen LogP contribution in [0.25, 0.3) is 0 Å². The van der Waals surface area contributed by atoms with E-state index >= 15 is 0 Å². The third kappa shape index (κ3) is 6.18. The number of amides is 1. The normalized spacial score (nSPS) is 16.7. The SMILES string of the molecule is COc1c([C@@H](O)CC(C)C)ccc2c1C(=O)OCc1cc(C)cc(OC(=O)N3CCCCCCC3)c1O2. The number of hydrogen-bond donors (Lipinski definition) is 1. The number of fused-ring (bicyclic) bond motifs is 2. The van der Waals surface area contributed by atoms with Gasteiger partial charge in [0, 0.05) is 24.2 Å². The molecule has 37 heavy (non-hydrogen) atoms. The van der Waals surface area contributed by atoms with E-state index in [1.807, 2.05) is 26.8 Å². The first-order valence-corrected chi connectivity index (χ1v) is 13.1. The fourth-order valence-electron chi connectivity index (χ4n) is 4.94. The van der Waals surface area contributed by atoms with Crippen molar-refractivity contribution in [2.45, 2.75) is 72.0 Å². The van der Waals surface area contributed by atoms with Crippen molar-refractivity contribution in [1.29, 1.82) is 0 Å². The van der Waals surface area contributed by atoms with E-state index in [0.29, 0.717) is 36.4 Å². The summed E-state index contributed by atoms with van der Waals surface area (Å²) in [4.78, 5) is 28.0. The Kier molecular flexibility index (Phi) is 8.59. The van der Waals surface area contributed by atoms with Crippen LogP contribution in [0.5, 0.6) is 23.0 Å². The van der Waals surface area contributed by atoms with Gasteiger partial charge in [0.2, 0.25) is 0 Å². The molecule has 2 aromatic rings. The highest BCUT2D eigenvalue weighted by molar-refractivity contribution is 5.96. The van der Waals surface area contributed by atoms with Gasteiger partial charge in [-0.15, -0.1) is 0 Å². The summed E-state index contributed by atoms with van der Waals surface area (Å²) in [6.07, 6.45) is 4.57. The van der Waals surface area contributed by atoms with Crippen molar-refractivity contribution >= 4 is 12.1 Å². The molecule has 2 aliphatic rings. The molecule has 1 fully saturated rings. The maximum absolute atomic E-state index is 13.1. The standard InChI is InChI=1S/C29H37NO7/c1-18(2)14-22(31)21-10-11-23-25(27(21)34-4)28(32)35-17-20-15-19(3)16-24(26(20)36-23)37-29(33)30-12-8-6-5-7-9-13-30/h10-11,15-16,18,22,31H,5-9,12-14,17H2,1-4H3/t22-/m0/s1. The van der Waals surface area contributed by atoms with Gasteiger partial charge >= 0.3 is 12.1 Å². The number of cyclic esters (lactones) is 1. The minimum atomic E-state index is -0.817. The number of nitrogens with zero attached hydrogens (tertiary/aromatic N) is 1. The Hall–Kier alpha value is -3.26. The summed E-state index contributed by atoms with van der Waals surface area (Å²) in [5.41, 5.74) is 2.02. The van der Waals surface area contributed by atoms with Gasteiger partial charge in [-0.2, -0.15) is 0 Å². The molecule has 1 atom stereocenters. The van der Waals surface area contributed by atoms with Gasteiger partial charge in [-0.05, 0) is 61.9 Å². The predicted molar refractivity (Wildman–Crippen MR) is 138 cm³/mol. The number of carbonyl (C=O) groups excluding carboxylic acids is 2. The summed E-state index contributed by atoms with van der Waals surface area (Å²) >= 11 is 0. The Bertz CT molecular complexity index is 1140. The van der Waals surface area contributed by atoms with E-state index in [0.717, 1.165) is 31.2 Å². The van der Waals surface area contributed by atoms with Gasteiger partial charge < -0.3 is 29.0 Å². The van der Waals surface area contributed by atoms with Crippen molar-refractivity contribution in [2.75, 3.05) is 20.2 Å². The number of rotatable bonds is 5. The molecule has 1 amide bonds. The number of aliphatic hydroxyl groups is 1. The zero-order valence-corrected chi connectivity index (χ0v) is 22.2. The lowest BCUT2D eigenvalue weighted by Crippen LogP contribution is -2.36. The molecule has 0 unspecified atom stereocenters. The first-order valence-electron chi connectivity index (χ1n) is 13.1. The Morgan fingerprint density at radius 2 is 1.81 bits per heavy atom. The molecule has 0 radical (unpaired) electrons.